The third-order valence-electron chi connectivity index (χ3n) is 0. The summed E-state index contributed by atoms with van der Waals surface area (Å²) in [6.07, 6.45) is 0. The Kier molecular flexibility index (Phi) is 132. The van der Waals surface area contributed by atoms with Crippen molar-refractivity contribution in [3.05, 3.63) is 0 Å². The minimum atomic E-state index is 0. The van der Waals surface area contributed by atoms with Gasteiger partial charge in [-0.15, -0.1) is 0 Å². The molecule has 0 aliphatic heterocycles. The molecule has 4 heavy (non-hydrogen) atoms. The molecule has 0 rings (SSSR count). The van der Waals surface area contributed by atoms with Gasteiger partial charge in [0, 0.05) is 82.0 Å². The molecule has 0 heterocycles. The van der Waals surface area contributed by atoms with Gasteiger partial charge < -0.3 is 0 Å². The number of hydrogen-bond donors (Lipinski definition) is 0. The molecule has 0 nitrogen and oxygen atoms in total. The fourth-order valence-corrected chi connectivity index (χ4v) is 0. The molecule has 0 saturated carbocycles. The Morgan fingerprint density at radius 1 is 0.500 bits per heavy atom. The van der Waals surface area contributed by atoms with Gasteiger partial charge in [-0.2, -0.15) is 0 Å². The van der Waals surface area contributed by atoms with Gasteiger partial charge in [0.15, 0.2) is 0 Å². The predicted molar refractivity (Wildman–Crippen MR) is 11.5 cm³/mol. The van der Waals surface area contributed by atoms with Crippen molar-refractivity contribution in [1.82, 2.24) is 0 Å². The Morgan fingerprint density at radius 2 is 0.500 bits per heavy atom. The zero-order valence-corrected chi connectivity index (χ0v) is 9.19. The van der Waals surface area contributed by atoms with Crippen LogP contribution in [0.15, 0.2) is 0 Å². The van der Waals surface area contributed by atoms with Crippen molar-refractivity contribution in [1.29, 1.82) is 0 Å². The molecule has 30 valence electrons. The summed E-state index contributed by atoms with van der Waals surface area (Å²) >= 11 is 0. The van der Waals surface area contributed by atoms with Crippen molar-refractivity contribution in [3.8, 4) is 0 Å². The van der Waals surface area contributed by atoms with Crippen LogP contribution in [0.3, 0.4) is 0 Å². The number of hydrogen-bond acceptors (Lipinski definition) is 0. The summed E-state index contributed by atoms with van der Waals surface area (Å²) in [5.41, 5.74) is 0. The van der Waals surface area contributed by atoms with E-state index in [1.807, 2.05) is 0 Å². The van der Waals surface area contributed by atoms with E-state index in [2.05, 4.69) is 0 Å². The molecule has 0 unspecified atom stereocenters. The molecule has 0 saturated heterocycles. The van der Waals surface area contributed by atoms with Crippen molar-refractivity contribution in [2.75, 3.05) is 0 Å². The molecule has 0 aromatic heterocycles. The predicted octanol–water partition coefficient (Wildman–Crippen LogP) is -0.767. The van der Waals surface area contributed by atoms with Crippen LogP contribution in [0.5, 0.6) is 0 Å². The van der Waals surface area contributed by atoms with Crippen molar-refractivity contribution < 1.29 is 34.1 Å². The average Bonchev–Trinajstić information content (AvgIpc) is 0. The van der Waals surface area contributed by atoms with Crippen molar-refractivity contribution in [2.24, 2.45) is 0 Å². The van der Waals surface area contributed by atoms with E-state index in [4.69, 9.17) is 0 Å². The van der Waals surface area contributed by atoms with E-state index < -0.39 is 0 Å². The molecule has 10 radical (unpaired) electrons. The Hall–Kier alpha value is 2.64. The smallest absolute Gasteiger partial charge is 0 e. The van der Waals surface area contributed by atoms with E-state index in [-0.39, 0.29) is 82.0 Å². The Morgan fingerprint density at radius 3 is 0.500 bits per heavy atom. The Labute approximate surface area is 80.7 Å². The van der Waals surface area contributed by atoms with Crippen LogP contribution in [-0.2, 0) is 34.1 Å². The zero-order chi connectivity index (χ0) is 0. The van der Waals surface area contributed by atoms with Gasteiger partial charge in [-0.1, -0.05) is 0 Å². The minimum absolute atomic E-state index is 0. The molecular weight excluding hydrogens is 365 g/mol. The van der Waals surface area contributed by atoms with E-state index in [0.29, 0.717) is 0 Å². The van der Waals surface area contributed by atoms with Gasteiger partial charge >= 0.3 is 0 Å². The molecular formula is Cu2Sn2. The summed E-state index contributed by atoms with van der Waals surface area (Å²) in [5.74, 6) is 0. The average molecular weight is 365 g/mol. The van der Waals surface area contributed by atoms with E-state index in [1.54, 1.807) is 0 Å². The Balaban J connectivity index is 0. The molecule has 0 amide bonds. The minimum Gasteiger partial charge on any atom is 0 e. The molecule has 4 heteroatoms. The maximum Gasteiger partial charge on any atom is 0 e. The van der Waals surface area contributed by atoms with Gasteiger partial charge in [0.1, 0.15) is 0 Å². The largest absolute Gasteiger partial charge is 0 e. The molecule has 0 aromatic rings. The molecule has 0 bridgehead atoms. The van der Waals surface area contributed by atoms with Crippen LogP contribution < -0.4 is 0 Å². The van der Waals surface area contributed by atoms with Crippen molar-refractivity contribution in [2.45, 2.75) is 0 Å². The summed E-state index contributed by atoms with van der Waals surface area (Å²) in [6, 6.07) is 0. The normalized spacial score (nSPS) is 0. The first-order chi connectivity index (χ1) is 0. The van der Waals surface area contributed by atoms with Crippen LogP contribution in [0.25, 0.3) is 0 Å². The quantitative estimate of drug-likeness (QED) is 0.496. The summed E-state index contributed by atoms with van der Waals surface area (Å²) < 4.78 is 0. The summed E-state index contributed by atoms with van der Waals surface area (Å²) in [5, 5.41) is 0. The number of rotatable bonds is 0. The molecule has 0 N–H and O–H groups in total. The first-order valence-electron chi connectivity index (χ1n) is 0. The molecule has 0 spiro atoms. The Bertz CT molecular complexity index is 4.00. The van der Waals surface area contributed by atoms with E-state index in [0.717, 1.165) is 0 Å². The second-order valence-corrected chi connectivity index (χ2v) is 0. The molecule has 0 fully saturated rings. The van der Waals surface area contributed by atoms with E-state index in [9.17, 15) is 0 Å². The molecule has 0 aliphatic carbocycles. The van der Waals surface area contributed by atoms with Crippen LogP contribution in [0.1, 0.15) is 0 Å². The summed E-state index contributed by atoms with van der Waals surface area (Å²) in [7, 11) is 0. The van der Waals surface area contributed by atoms with E-state index >= 15 is 0 Å². The summed E-state index contributed by atoms with van der Waals surface area (Å²) in [4.78, 5) is 0. The maximum absolute atomic E-state index is 0. The zero-order valence-electron chi connectivity index (χ0n) is 1.60. The van der Waals surface area contributed by atoms with Crippen LogP contribution in [0.4, 0.5) is 0 Å². The fraction of sp³-hybridized carbons (Fsp3) is 0. The standard InChI is InChI=1S/2Cu.2Sn. The summed E-state index contributed by atoms with van der Waals surface area (Å²) in [6.45, 7) is 0. The van der Waals surface area contributed by atoms with Crippen LogP contribution in [0.2, 0.25) is 0 Å². The van der Waals surface area contributed by atoms with Gasteiger partial charge in [-0.25, -0.2) is 0 Å². The monoisotopic (exact) mass is 366 g/mol. The SMILES string of the molecule is [Cu].[Cu].[Sn].[Sn]. The van der Waals surface area contributed by atoms with Gasteiger partial charge in [-0.3, -0.25) is 0 Å². The van der Waals surface area contributed by atoms with Crippen molar-refractivity contribution >= 4 is 47.8 Å². The molecule has 0 aromatic carbocycles. The second kappa shape index (κ2) is 17.4. The second-order valence-electron chi connectivity index (χ2n) is 0. The first kappa shape index (κ1) is 30.3. The van der Waals surface area contributed by atoms with Gasteiger partial charge in [0.25, 0.3) is 0 Å². The maximum atomic E-state index is 0. The fourth-order valence-electron chi connectivity index (χ4n) is 0. The molecule has 0 atom stereocenters. The third kappa shape index (κ3) is 8.82. The molecule has 0 aliphatic rings. The third-order valence-corrected chi connectivity index (χ3v) is 0. The first-order valence-corrected chi connectivity index (χ1v) is 0. The van der Waals surface area contributed by atoms with Crippen LogP contribution >= 0.6 is 0 Å². The van der Waals surface area contributed by atoms with E-state index in [1.165, 1.54) is 0 Å². The van der Waals surface area contributed by atoms with Crippen LogP contribution in [-0.4, -0.2) is 47.8 Å². The van der Waals surface area contributed by atoms with Gasteiger partial charge in [-0.05, 0) is 0 Å². The topological polar surface area (TPSA) is 0 Å². The van der Waals surface area contributed by atoms with Gasteiger partial charge in [0.2, 0.25) is 0 Å². The van der Waals surface area contributed by atoms with Crippen molar-refractivity contribution in [3.63, 3.8) is 0 Å². The van der Waals surface area contributed by atoms with Gasteiger partial charge in [0.05, 0.1) is 0 Å². The van der Waals surface area contributed by atoms with Crippen LogP contribution in [0, 0.1) is 0 Å².